The van der Waals surface area contributed by atoms with E-state index < -0.39 is 0 Å². The molecule has 0 radical (unpaired) electrons. The van der Waals surface area contributed by atoms with Crippen LogP contribution >= 0.6 is 34.9 Å². The third-order valence-electron chi connectivity index (χ3n) is 7.18. The van der Waals surface area contributed by atoms with Crippen molar-refractivity contribution >= 4 is 64.2 Å². The molecule has 0 spiro atoms. The average molecular weight is 571 g/mol. The highest BCUT2D eigenvalue weighted by Gasteiger charge is 2.40. The third kappa shape index (κ3) is 5.82. The van der Waals surface area contributed by atoms with Gasteiger partial charge < -0.3 is 15.5 Å². The molecule has 10 heteroatoms. The zero-order chi connectivity index (χ0) is 26.9. The largest absolute Gasteiger partial charge is 0.346 e. The average Bonchev–Trinajstić information content (AvgIpc) is 3.33. The molecule has 38 heavy (non-hydrogen) atoms. The number of benzene rings is 1. The Kier molecular flexibility index (Phi) is 8.21. The van der Waals surface area contributed by atoms with Crippen LogP contribution in [0.2, 0.25) is 5.02 Å². The van der Waals surface area contributed by atoms with Gasteiger partial charge in [0.1, 0.15) is 6.17 Å². The minimum absolute atomic E-state index is 0.0488. The lowest BCUT2D eigenvalue weighted by Gasteiger charge is -2.48. The van der Waals surface area contributed by atoms with Crippen molar-refractivity contribution in [2.45, 2.75) is 38.9 Å². The molecule has 2 amide bonds. The number of amides is 2. The van der Waals surface area contributed by atoms with Crippen molar-refractivity contribution in [3.63, 3.8) is 0 Å². The number of carbonyl (C=O) groups excluding carboxylic acids is 1. The lowest BCUT2D eigenvalue weighted by molar-refractivity contribution is 0.0276. The number of nitrogens with zero attached hydrogens (tertiary/aromatic N) is 4. The number of piperazine rings is 1. The molecule has 1 aromatic carbocycles. The zero-order valence-electron chi connectivity index (χ0n) is 22.2. The second kappa shape index (κ2) is 11.4. The van der Waals surface area contributed by atoms with E-state index >= 15 is 0 Å². The molecule has 0 aliphatic carbocycles. The number of hydrogen-bond acceptors (Lipinski definition) is 7. The predicted octanol–water partition coefficient (Wildman–Crippen LogP) is 6.39. The number of thiophene rings is 1. The summed E-state index contributed by atoms with van der Waals surface area (Å²) in [5.74, 6) is 1.11. The highest BCUT2D eigenvalue weighted by atomic mass is 35.5. The van der Waals surface area contributed by atoms with Crippen molar-refractivity contribution < 1.29 is 4.79 Å². The molecule has 202 valence electrons. The second-order valence-electron chi connectivity index (χ2n) is 10.3. The quantitative estimate of drug-likeness (QED) is 0.394. The van der Waals surface area contributed by atoms with Gasteiger partial charge in [0.15, 0.2) is 0 Å². The molecule has 0 bridgehead atoms. The van der Waals surface area contributed by atoms with E-state index in [4.69, 9.17) is 16.6 Å². The van der Waals surface area contributed by atoms with Crippen LogP contribution in [0.15, 0.2) is 48.0 Å². The third-order valence-corrected chi connectivity index (χ3v) is 9.63. The van der Waals surface area contributed by atoms with Gasteiger partial charge in [-0.05, 0) is 49.6 Å². The highest BCUT2D eigenvalue weighted by Crippen LogP contribution is 2.43. The summed E-state index contributed by atoms with van der Waals surface area (Å²) in [6.07, 6.45) is 5.21. The van der Waals surface area contributed by atoms with Crippen LogP contribution in [0.4, 0.5) is 10.5 Å². The van der Waals surface area contributed by atoms with E-state index in [0.717, 1.165) is 43.1 Å². The van der Waals surface area contributed by atoms with Crippen molar-refractivity contribution in [2.75, 3.05) is 43.8 Å². The van der Waals surface area contributed by atoms with Gasteiger partial charge in [0.25, 0.3) is 0 Å². The van der Waals surface area contributed by atoms with Gasteiger partial charge in [0.05, 0.1) is 22.4 Å². The van der Waals surface area contributed by atoms with E-state index in [1.54, 1.807) is 12.1 Å². The Bertz CT molecular complexity index is 1270. The standard InChI is InChI=1S/C28H35ClN6OS2/c1-5-37-34-11-9-20(10-12-34)24-16-23-25(38-24)26(31-18-30-23)33-13-14-35(28(3,4)17-33)27(36)32-19(2)21-7-6-8-22(29)15-21/h6-9,15-16,18,26H,2,5,10-14,17H2,1,3-4H3,(H,30,31)(H,32,36). The van der Waals surface area contributed by atoms with Crippen LogP contribution in [0.5, 0.6) is 0 Å². The molecule has 2 N–H and O–H groups in total. The molecule has 4 heterocycles. The lowest BCUT2D eigenvalue weighted by atomic mass is 9.98. The van der Waals surface area contributed by atoms with Crippen LogP contribution in [-0.4, -0.2) is 70.5 Å². The number of aliphatic imine (C=N–C) groups is 1. The predicted molar refractivity (Wildman–Crippen MR) is 163 cm³/mol. The Morgan fingerprint density at radius 1 is 1.32 bits per heavy atom. The minimum Gasteiger partial charge on any atom is -0.346 e. The Labute approximate surface area is 238 Å². The molecule has 1 fully saturated rings. The lowest BCUT2D eigenvalue weighted by Crippen LogP contribution is -2.63. The Hall–Kier alpha value is -2.30. The maximum Gasteiger partial charge on any atom is 0.322 e. The molecular formula is C28H35ClN6OS2. The number of hydrogen-bond donors (Lipinski definition) is 2. The molecule has 0 saturated carbocycles. The van der Waals surface area contributed by atoms with Gasteiger partial charge in [-0.3, -0.25) is 9.89 Å². The number of rotatable bonds is 6. The fourth-order valence-electron chi connectivity index (χ4n) is 5.27. The van der Waals surface area contributed by atoms with E-state index in [0.29, 0.717) is 23.8 Å². The monoisotopic (exact) mass is 570 g/mol. The minimum atomic E-state index is -0.385. The van der Waals surface area contributed by atoms with Crippen molar-refractivity contribution in [3.05, 3.63) is 63.3 Å². The Morgan fingerprint density at radius 2 is 2.16 bits per heavy atom. The van der Waals surface area contributed by atoms with Gasteiger partial charge in [-0.1, -0.05) is 55.3 Å². The molecular weight excluding hydrogens is 536 g/mol. The number of halogens is 1. The normalized spacial score (nSPS) is 21.4. The summed E-state index contributed by atoms with van der Waals surface area (Å²) in [4.78, 5) is 25.0. The number of carbonyl (C=O) groups is 1. The highest BCUT2D eigenvalue weighted by molar-refractivity contribution is 7.96. The fourth-order valence-corrected chi connectivity index (χ4v) is 7.50. The van der Waals surface area contributed by atoms with E-state index in [9.17, 15) is 4.79 Å². The smallest absolute Gasteiger partial charge is 0.322 e. The molecule has 1 saturated heterocycles. The van der Waals surface area contributed by atoms with Crippen molar-refractivity contribution in [1.82, 2.24) is 19.4 Å². The number of nitrogens with one attached hydrogen (secondary N) is 2. The van der Waals surface area contributed by atoms with Gasteiger partial charge in [0.2, 0.25) is 0 Å². The van der Waals surface area contributed by atoms with Crippen molar-refractivity contribution in [3.8, 4) is 0 Å². The van der Waals surface area contributed by atoms with Crippen molar-refractivity contribution in [1.29, 1.82) is 0 Å². The van der Waals surface area contributed by atoms with E-state index in [1.165, 1.54) is 15.3 Å². The molecule has 1 unspecified atom stereocenters. The Morgan fingerprint density at radius 3 is 2.87 bits per heavy atom. The van der Waals surface area contributed by atoms with Crippen LogP contribution in [0.25, 0.3) is 11.3 Å². The first-order chi connectivity index (χ1) is 18.2. The topological polar surface area (TPSA) is 63.2 Å². The van der Waals surface area contributed by atoms with Crippen LogP contribution in [0.3, 0.4) is 0 Å². The fraction of sp³-hybridized carbons (Fsp3) is 0.429. The number of anilines is 1. The number of fused-ring (bicyclic) bond motifs is 1. The van der Waals surface area contributed by atoms with Gasteiger partial charge in [0, 0.05) is 54.1 Å². The summed E-state index contributed by atoms with van der Waals surface area (Å²) in [5.41, 5.74) is 3.54. The van der Waals surface area contributed by atoms with Crippen LogP contribution in [0, 0.1) is 0 Å². The first-order valence-corrected chi connectivity index (χ1v) is 15.2. The van der Waals surface area contributed by atoms with Gasteiger partial charge >= 0.3 is 6.03 Å². The summed E-state index contributed by atoms with van der Waals surface area (Å²) in [7, 11) is 0. The molecule has 3 aliphatic heterocycles. The van der Waals surface area contributed by atoms with Crippen molar-refractivity contribution in [2.24, 2.45) is 4.99 Å². The SMILES string of the molecule is C=C(NC(=O)N1CCN(C2N=CNc3cc(C4=CCN(SCC)CC4)sc32)CC1(C)C)c1cccc(Cl)c1. The summed E-state index contributed by atoms with van der Waals surface area (Å²) in [6.45, 7) is 14.6. The van der Waals surface area contributed by atoms with E-state index in [1.807, 2.05) is 46.7 Å². The molecule has 1 aromatic heterocycles. The Balaban J connectivity index is 1.26. The van der Waals surface area contributed by atoms with Gasteiger partial charge in [-0.25, -0.2) is 9.10 Å². The first-order valence-electron chi connectivity index (χ1n) is 13.0. The molecule has 7 nitrogen and oxygen atoms in total. The summed E-state index contributed by atoms with van der Waals surface area (Å²) >= 11 is 9.87. The van der Waals surface area contributed by atoms with Crippen LogP contribution < -0.4 is 10.6 Å². The summed E-state index contributed by atoms with van der Waals surface area (Å²) in [6, 6.07) is 9.49. The maximum absolute atomic E-state index is 13.3. The molecule has 2 aromatic rings. The molecule has 1 atom stereocenters. The van der Waals surface area contributed by atoms with Gasteiger partial charge in [-0.15, -0.1) is 11.3 Å². The summed E-state index contributed by atoms with van der Waals surface area (Å²) < 4.78 is 2.43. The van der Waals surface area contributed by atoms with Crippen LogP contribution in [-0.2, 0) is 0 Å². The van der Waals surface area contributed by atoms with E-state index in [2.05, 4.69) is 59.3 Å². The van der Waals surface area contributed by atoms with E-state index in [-0.39, 0.29) is 17.7 Å². The second-order valence-corrected chi connectivity index (χ2v) is 13.2. The maximum atomic E-state index is 13.3. The number of urea groups is 1. The zero-order valence-corrected chi connectivity index (χ0v) is 24.6. The first kappa shape index (κ1) is 27.3. The molecule has 5 rings (SSSR count). The van der Waals surface area contributed by atoms with Crippen LogP contribution in [0.1, 0.15) is 48.7 Å². The van der Waals surface area contributed by atoms with Gasteiger partial charge in [-0.2, -0.15) is 0 Å². The summed E-state index contributed by atoms with van der Waals surface area (Å²) in [5, 5.41) is 6.96. The molecule has 3 aliphatic rings.